The van der Waals surface area contributed by atoms with Gasteiger partial charge in [-0.1, -0.05) is 87.6 Å². The number of carbonyl (C=O) groups is 1. The third-order valence-corrected chi connectivity index (χ3v) is 5.75. The Morgan fingerprint density at radius 1 is 0.818 bits per heavy atom. The number of rotatable bonds is 12. The van der Waals surface area contributed by atoms with E-state index in [0.717, 1.165) is 17.5 Å². The van der Waals surface area contributed by atoms with Crippen LogP contribution in [0.1, 0.15) is 61.4 Å². The lowest BCUT2D eigenvalue weighted by atomic mass is 9.96. The molecule has 3 aromatic rings. The molecular formula is C28H30F2O3. The second-order valence-electron chi connectivity index (χ2n) is 8.18. The highest BCUT2D eigenvalue weighted by Gasteiger charge is 2.15. The van der Waals surface area contributed by atoms with Crippen LogP contribution in [-0.2, 0) is 6.42 Å². The number of alkyl halides is 2. The lowest BCUT2D eigenvalue weighted by Gasteiger charge is -2.11. The van der Waals surface area contributed by atoms with Gasteiger partial charge >= 0.3 is 12.6 Å². The Kier molecular flexibility index (Phi) is 8.99. The minimum atomic E-state index is -2.97. The highest BCUT2D eigenvalue weighted by Crippen LogP contribution is 2.31. The Balaban J connectivity index is 1.69. The fourth-order valence-electron chi connectivity index (χ4n) is 3.94. The predicted molar refractivity (Wildman–Crippen MR) is 128 cm³/mol. The molecule has 1 N–H and O–H groups in total. The first kappa shape index (κ1) is 24.4. The second kappa shape index (κ2) is 12.1. The van der Waals surface area contributed by atoms with Gasteiger partial charge in [-0.15, -0.1) is 0 Å². The molecule has 0 unspecified atom stereocenters. The summed E-state index contributed by atoms with van der Waals surface area (Å²) in [5.74, 6) is -1.20. The SMILES string of the molecule is CCCCCCCCc1ccc(-c2ccc(-c3cc(OC(F)F)ccc3C(=O)O)cc2)cc1. The molecule has 0 spiro atoms. The number of carboxylic acid groups (broad SMARTS) is 1. The first-order chi connectivity index (χ1) is 16.0. The van der Waals surface area contributed by atoms with E-state index in [1.165, 1.54) is 62.3 Å². The van der Waals surface area contributed by atoms with Crippen LogP contribution < -0.4 is 4.74 Å². The maximum absolute atomic E-state index is 12.6. The van der Waals surface area contributed by atoms with Gasteiger partial charge in [-0.25, -0.2) is 4.79 Å². The zero-order chi connectivity index (χ0) is 23.6. The van der Waals surface area contributed by atoms with Gasteiger partial charge in [0.25, 0.3) is 0 Å². The molecule has 5 heteroatoms. The average molecular weight is 453 g/mol. The summed E-state index contributed by atoms with van der Waals surface area (Å²) in [6.45, 7) is -0.744. The molecule has 33 heavy (non-hydrogen) atoms. The third-order valence-electron chi connectivity index (χ3n) is 5.75. The van der Waals surface area contributed by atoms with E-state index in [4.69, 9.17) is 0 Å². The molecule has 3 rings (SSSR count). The number of aryl methyl sites for hydroxylation is 1. The number of ether oxygens (including phenoxy) is 1. The molecule has 0 amide bonds. The number of aromatic carboxylic acids is 1. The van der Waals surface area contributed by atoms with E-state index >= 15 is 0 Å². The van der Waals surface area contributed by atoms with Gasteiger partial charge in [0.1, 0.15) is 5.75 Å². The van der Waals surface area contributed by atoms with E-state index in [2.05, 4.69) is 35.9 Å². The van der Waals surface area contributed by atoms with Crippen molar-refractivity contribution in [2.24, 2.45) is 0 Å². The number of halogens is 2. The molecule has 3 aromatic carbocycles. The molecule has 0 saturated heterocycles. The Morgan fingerprint density at radius 3 is 2.00 bits per heavy atom. The molecule has 0 bridgehead atoms. The van der Waals surface area contributed by atoms with Crippen molar-refractivity contribution in [3.8, 4) is 28.0 Å². The first-order valence-corrected chi connectivity index (χ1v) is 11.5. The molecular weight excluding hydrogens is 422 g/mol. The Morgan fingerprint density at radius 2 is 1.39 bits per heavy atom. The van der Waals surface area contributed by atoms with Crippen LogP contribution in [0.2, 0.25) is 0 Å². The summed E-state index contributed by atoms with van der Waals surface area (Å²) < 4.78 is 29.6. The van der Waals surface area contributed by atoms with Crippen LogP contribution in [0.3, 0.4) is 0 Å². The van der Waals surface area contributed by atoms with Gasteiger partial charge in [-0.05, 0) is 58.9 Å². The lowest BCUT2D eigenvalue weighted by molar-refractivity contribution is -0.0498. The lowest BCUT2D eigenvalue weighted by Crippen LogP contribution is -2.04. The van der Waals surface area contributed by atoms with Crippen molar-refractivity contribution in [1.82, 2.24) is 0 Å². The summed E-state index contributed by atoms with van der Waals surface area (Å²) in [6.07, 6.45) is 8.77. The zero-order valence-electron chi connectivity index (χ0n) is 18.9. The molecule has 0 atom stereocenters. The minimum absolute atomic E-state index is 0.0309. The summed E-state index contributed by atoms with van der Waals surface area (Å²) >= 11 is 0. The van der Waals surface area contributed by atoms with Gasteiger partial charge in [0, 0.05) is 0 Å². The van der Waals surface area contributed by atoms with Gasteiger partial charge in [0.05, 0.1) is 5.56 Å². The molecule has 0 aliphatic carbocycles. The Hall–Kier alpha value is -3.21. The van der Waals surface area contributed by atoms with Gasteiger partial charge in [0.2, 0.25) is 0 Å². The van der Waals surface area contributed by atoms with E-state index < -0.39 is 12.6 Å². The van der Waals surface area contributed by atoms with Crippen molar-refractivity contribution < 1.29 is 23.4 Å². The molecule has 0 aliphatic heterocycles. The van der Waals surface area contributed by atoms with E-state index in [-0.39, 0.29) is 11.3 Å². The highest BCUT2D eigenvalue weighted by molar-refractivity contribution is 5.96. The van der Waals surface area contributed by atoms with Crippen LogP contribution in [0.15, 0.2) is 66.7 Å². The first-order valence-electron chi connectivity index (χ1n) is 11.5. The summed E-state index contributed by atoms with van der Waals surface area (Å²) in [5.41, 5.74) is 4.39. The van der Waals surface area contributed by atoms with Gasteiger partial charge < -0.3 is 9.84 Å². The summed E-state index contributed by atoms with van der Waals surface area (Å²) in [5, 5.41) is 9.48. The maximum Gasteiger partial charge on any atom is 0.387 e. The molecule has 0 aliphatic rings. The van der Waals surface area contributed by atoms with Crippen molar-refractivity contribution in [3.05, 3.63) is 77.9 Å². The number of unbranched alkanes of at least 4 members (excludes halogenated alkanes) is 5. The van der Waals surface area contributed by atoms with Crippen LogP contribution in [-0.4, -0.2) is 17.7 Å². The maximum atomic E-state index is 12.6. The van der Waals surface area contributed by atoms with Crippen LogP contribution in [0, 0.1) is 0 Å². The molecule has 0 heterocycles. The fraction of sp³-hybridized carbons (Fsp3) is 0.321. The number of hydrogen-bond donors (Lipinski definition) is 1. The monoisotopic (exact) mass is 452 g/mol. The standard InChI is InChI=1S/C28H30F2O3/c1-2-3-4-5-6-7-8-20-9-11-21(12-10-20)22-13-15-23(16-14-22)26-19-24(33-28(29)30)17-18-25(26)27(31)32/h9-19,28H,2-8H2,1H3,(H,31,32). The van der Waals surface area contributed by atoms with E-state index in [1.54, 1.807) is 12.1 Å². The zero-order valence-corrected chi connectivity index (χ0v) is 18.9. The third kappa shape index (κ3) is 7.14. The van der Waals surface area contributed by atoms with E-state index in [0.29, 0.717) is 11.1 Å². The average Bonchev–Trinajstić information content (AvgIpc) is 2.81. The van der Waals surface area contributed by atoms with Gasteiger partial charge in [-0.3, -0.25) is 0 Å². The van der Waals surface area contributed by atoms with Crippen LogP contribution in [0.5, 0.6) is 5.75 Å². The topological polar surface area (TPSA) is 46.5 Å². The molecule has 174 valence electrons. The molecule has 0 aromatic heterocycles. The predicted octanol–water partition coefficient (Wildman–Crippen LogP) is 8.22. The van der Waals surface area contributed by atoms with Crippen molar-refractivity contribution >= 4 is 5.97 Å². The van der Waals surface area contributed by atoms with E-state index in [9.17, 15) is 18.7 Å². The summed E-state index contributed by atoms with van der Waals surface area (Å²) in [6, 6.07) is 19.8. The smallest absolute Gasteiger partial charge is 0.387 e. The van der Waals surface area contributed by atoms with Crippen molar-refractivity contribution in [2.45, 2.75) is 58.5 Å². The molecule has 0 fully saturated rings. The highest BCUT2D eigenvalue weighted by atomic mass is 19.3. The molecule has 0 saturated carbocycles. The Bertz CT molecular complexity index is 1030. The van der Waals surface area contributed by atoms with Crippen molar-refractivity contribution in [1.29, 1.82) is 0 Å². The normalized spacial score (nSPS) is 11.0. The quantitative estimate of drug-likeness (QED) is 0.282. The summed E-state index contributed by atoms with van der Waals surface area (Å²) in [7, 11) is 0. The second-order valence-corrected chi connectivity index (χ2v) is 8.18. The van der Waals surface area contributed by atoms with Crippen molar-refractivity contribution in [3.63, 3.8) is 0 Å². The molecule has 0 radical (unpaired) electrons. The van der Waals surface area contributed by atoms with Gasteiger partial charge in [-0.2, -0.15) is 8.78 Å². The van der Waals surface area contributed by atoms with Crippen LogP contribution >= 0.6 is 0 Å². The van der Waals surface area contributed by atoms with Crippen LogP contribution in [0.25, 0.3) is 22.3 Å². The number of carboxylic acids is 1. The minimum Gasteiger partial charge on any atom is -0.478 e. The van der Waals surface area contributed by atoms with Gasteiger partial charge in [0.15, 0.2) is 0 Å². The summed E-state index contributed by atoms with van der Waals surface area (Å²) in [4.78, 5) is 11.6. The fourth-order valence-corrected chi connectivity index (χ4v) is 3.94. The largest absolute Gasteiger partial charge is 0.478 e. The Labute approximate surface area is 194 Å². The van der Waals surface area contributed by atoms with E-state index in [1.807, 2.05) is 12.1 Å². The van der Waals surface area contributed by atoms with Crippen LogP contribution in [0.4, 0.5) is 8.78 Å². The molecule has 3 nitrogen and oxygen atoms in total. The number of hydrogen-bond acceptors (Lipinski definition) is 2. The van der Waals surface area contributed by atoms with Crippen molar-refractivity contribution in [2.75, 3.05) is 0 Å². The number of benzene rings is 3.